The highest BCUT2D eigenvalue weighted by Gasteiger charge is 2.07. The highest BCUT2D eigenvalue weighted by atomic mass is 32.1. The van der Waals surface area contributed by atoms with Crippen molar-refractivity contribution in [3.63, 3.8) is 0 Å². The molecule has 0 aromatic carbocycles. The van der Waals surface area contributed by atoms with Gasteiger partial charge in [-0.15, -0.1) is 0 Å². The van der Waals surface area contributed by atoms with E-state index in [1.165, 1.54) is 19.3 Å². The van der Waals surface area contributed by atoms with Crippen molar-refractivity contribution < 1.29 is 29.3 Å². The van der Waals surface area contributed by atoms with Crippen LogP contribution in [0.5, 0.6) is 0 Å². The molecule has 0 fully saturated rings. The first-order valence-electron chi connectivity index (χ1n) is 12.7. The summed E-state index contributed by atoms with van der Waals surface area (Å²) in [5.41, 5.74) is 0. The van der Waals surface area contributed by atoms with Crippen LogP contribution in [-0.4, -0.2) is 59.1 Å². The van der Waals surface area contributed by atoms with Crippen LogP contribution in [0.25, 0.3) is 0 Å². The van der Waals surface area contributed by atoms with Crippen LogP contribution in [0.3, 0.4) is 0 Å². The molecule has 0 aliphatic rings. The molecule has 8 heteroatoms. The van der Waals surface area contributed by atoms with Crippen molar-refractivity contribution in [2.45, 2.75) is 121 Å². The third kappa shape index (κ3) is 33.8. The second kappa shape index (κ2) is 27.8. The monoisotopic (exact) mass is 510 g/mol. The summed E-state index contributed by atoms with van der Waals surface area (Å²) in [6.07, 6.45) is 14.8. The molecular formula is C25H50O6S2. The Kier molecular flexibility index (Phi) is 29.3. The van der Waals surface area contributed by atoms with Crippen molar-refractivity contribution in [3.05, 3.63) is 0 Å². The first-order chi connectivity index (χ1) is 15.8. The molecule has 0 spiro atoms. The Bertz CT molecular complexity index is 395. The van der Waals surface area contributed by atoms with Crippen LogP contribution in [0, 0.1) is 0 Å². The number of hydrogen-bond donors (Lipinski definition) is 4. The molecule has 198 valence electrons. The lowest BCUT2D eigenvalue weighted by Gasteiger charge is -2.07. The van der Waals surface area contributed by atoms with Crippen LogP contribution in [-0.2, 0) is 19.1 Å². The van der Waals surface area contributed by atoms with E-state index in [2.05, 4.69) is 25.3 Å². The first-order valence-corrected chi connectivity index (χ1v) is 13.8. The Labute approximate surface area is 213 Å². The zero-order chi connectivity index (χ0) is 25.2. The number of hydrogen-bond acceptors (Lipinski definition) is 8. The van der Waals surface area contributed by atoms with Crippen LogP contribution in [0.4, 0.5) is 0 Å². The molecule has 0 aliphatic heterocycles. The maximum absolute atomic E-state index is 11.3. The molecule has 2 atom stereocenters. The molecule has 33 heavy (non-hydrogen) atoms. The van der Waals surface area contributed by atoms with E-state index in [4.69, 9.17) is 19.7 Å². The fourth-order valence-electron chi connectivity index (χ4n) is 2.99. The van der Waals surface area contributed by atoms with E-state index in [-0.39, 0.29) is 22.4 Å². The summed E-state index contributed by atoms with van der Waals surface area (Å²) in [7, 11) is 0. The summed E-state index contributed by atoms with van der Waals surface area (Å²) < 4.78 is 10.2. The van der Waals surface area contributed by atoms with Gasteiger partial charge in [-0.3, -0.25) is 9.59 Å². The minimum Gasteiger partial charge on any atom is -0.466 e. The number of rotatable bonds is 21. The second-order valence-corrected chi connectivity index (χ2v) is 10.4. The minimum atomic E-state index is -0.167. The lowest BCUT2D eigenvalue weighted by molar-refractivity contribution is -0.144. The molecule has 2 unspecified atom stereocenters. The van der Waals surface area contributed by atoms with Crippen LogP contribution >= 0.6 is 25.3 Å². The fourth-order valence-corrected chi connectivity index (χ4v) is 3.29. The zero-order valence-corrected chi connectivity index (χ0v) is 22.8. The Morgan fingerprint density at radius 2 is 0.848 bits per heavy atom. The molecule has 0 saturated heterocycles. The van der Waals surface area contributed by atoms with Gasteiger partial charge in [0.2, 0.25) is 0 Å². The van der Waals surface area contributed by atoms with Gasteiger partial charge in [-0.2, -0.15) is 25.3 Å². The molecule has 0 bridgehead atoms. The standard InChI is InChI=1S/C16H30O4S2.C9H20O2/c1-13(21)11-15(17)19-9-7-5-3-4-6-8-10-20-16(18)12-14(2)22;10-8-6-4-2-1-3-5-7-9-11/h13-14,21-22H,3-12H2,1-2H3;10-11H,1-9H2. The molecule has 0 radical (unpaired) electrons. The quantitative estimate of drug-likeness (QED) is 0.0921. The largest absolute Gasteiger partial charge is 0.466 e. The summed E-state index contributed by atoms with van der Waals surface area (Å²) in [5.74, 6) is -0.334. The number of ether oxygens (including phenoxy) is 2. The van der Waals surface area contributed by atoms with Gasteiger partial charge >= 0.3 is 11.9 Å². The predicted molar refractivity (Wildman–Crippen MR) is 142 cm³/mol. The van der Waals surface area contributed by atoms with E-state index in [9.17, 15) is 9.59 Å². The van der Waals surface area contributed by atoms with Gasteiger partial charge in [0.25, 0.3) is 0 Å². The summed E-state index contributed by atoms with van der Waals surface area (Å²) in [6.45, 7) is 5.41. The summed E-state index contributed by atoms with van der Waals surface area (Å²) in [5, 5.41) is 17.1. The van der Waals surface area contributed by atoms with Crippen LogP contribution in [0.1, 0.15) is 110 Å². The molecule has 6 nitrogen and oxygen atoms in total. The Morgan fingerprint density at radius 1 is 0.576 bits per heavy atom. The average molecular weight is 511 g/mol. The van der Waals surface area contributed by atoms with E-state index in [0.717, 1.165) is 64.2 Å². The second-order valence-electron chi connectivity index (χ2n) is 8.59. The minimum absolute atomic E-state index is 0.0533. The Morgan fingerprint density at radius 3 is 1.12 bits per heavy atom. The Hall–Kier alpha value is -0.440. The van der Waals surface area contributed by atoms with Crippen molar-refractivity contribution in [2.24, 2.45) is 0 Å². The van der Waals surface area contributed by atoms with Crippen molar-refractivity contribution in [1.82, 2.24) is 0 Å². The third-order valence-electron chi connectivity index (χ3n) is 4.81. The molecule has 0 amide bonds. The number of carbonyl (C=O) groups excluding carboxylic acids is 2. The van der Waals surface area contributed by atoms with E-state index in [1.54, 1.807) is 0 Å². The molecule has 0 rings (SSSR count). The van der Waals surface area contributed by atoms with Crippen LogP contribution in [0.2, 0.25) is 0 Å². The molecule has 0 aliphatic carbocycles. The van der Waals surface area contributed by atoms with Gasteiger partial charge in [-0.05, 0) is 25.7 Å². The summed E-state index contributed by atoms with van der Waals surface area (Å²) >= 11 is 8.30. The van der Waals surface area contributed by atoms with Gasteiger partial charge in [0.1, 0.15) is 0 Å². The van der Waals surface area contributed by atoms with E-state index in [0.29, 0.717) is 39.3 Å². The lowest BCUT2D eigenvalue weighted by atomic mass is 10.1. The SMILES string of the molecule is CC(S)CC(=O)OCCCCCCCCOC(=O)CC(C)S.OCCCCCCCCCO. The lowest BCUT2D eigenvalue weighted by Crippen LogP contribution is -2.10. The highest BCUT2D eigenvalue weighted by molar-refractivity contribution is 7.81. The number of thiol groups is 2. The van der Waals surface area contributed by atoms with Crippen molar-refractivity contribution in [2.75, 3.05) is 26.4 Å². The van der Waals surface area contributed by atoms with Gasteiger partial charge in [0.15, 0.2) is 0 Å². The Balaban J connectivity index is 0. The maximum atomic E-state index is 11.3. The third-order valence-corrected chi connectivity index (χ3v) is 5.17. The fraction of sp³-hybridized carbons (Fsp3) is 0.920. The molecule has 0 heterocycles. The number of esters is 2. The van der Waals surface area contributed by atoms with E-state index < -0.39 is 0 Å². The number of aliphatic hydroxyl groups excluding tert-OH is 2. The smallest absolute Gasteiger partial charge is 0.306 e. The number of carbonyl (C=O) groups is 2. The van der Waals surface area contributed by atoms with Gasteiger partial charge in [-0.1, -0.05) is 71.6 Å². The number of aliphatic hydroxyl groups is 2. The maximum Gasteiger partial charge on any atom is 0.306 e. The van der Waals surface area contributed by atoms with Gasteiger partial charge in [0.05, 0.1) is 26.1 Å². The van der Waals surface area contributed by atoms with Crippen molar-refractivity contribution in [1.29, 1.82) is 0 Å². The normalized spacial score (nSPS) is 12.4. The van der Waals surface area contributed by atoms with Crippen molar-refractivity contribution in [3.8, 4) is 0 Å². The molecular weight excluding hydrogens is 460 g/mol. The zero-order valence-electron chi connectivity index (χ0n) is 21.0. The molecule has 0 aromatic heterocycles. The summed E-state index contributed by atoms with van der Waals surface area (Å²) in [6, 6.07) is 0. The van der Waals surface area contributed by atoms with Gasteiger partial charge in [0, 0.05) is 23.7 Å². The molecule has 0 aromatic rings. The van der Waals surface area contributed by atoms with E-state index in [1.807, 2.05) is 13.8 Å². The number of unbranched alkanes of at least 4 members (excludes halogenated alkanes) is 11. The van der Waals surface area contributed by atoms with Crippen LogP contribution < -0.4 is 0 Å². The van der Waals surface area contributed by atoms with Gasteiger partial charge in [-0.25, -0.2) is 0 Å². The molecule has 0 saturated carbocycles. The predicted octanol–water partition coefficient (Wildman–Crippen LogP) is 5.53. The highest BCUT2D eigenvalue weighted by Crippen LogP contribution is 2.08. The van der Waals surface area contributed by atoms with Crippen molar-refractivity contribution >= 4 is 37.2 Å². The van der Waals surface area contributed by atoms with E-state index >= 15 is 0 Å². The molecule has 2 N–H and O–H groups in total. The topological polar surface area (TPSA) is 93.1 Å². The first kappa shape index (κ1) is 34.7. The van der Waals surface area contributed by atoms with Gasteiger partial charge < -0.3 is 19.7 Å². The average Bonchev–Trinajstić information content (AvgIpc) is 2.74. The summed E-state index contributed by atoms with van der Waals surface area (Å²) in [4.78, 5) is 22.5. The van der Waals surface area contributed by atoms with Crippen LogP contribution in [0.15, 0.2) is 0 Å².